The van der Waals surface area contributed by atoms with Crippen LogP contribution in [-0.4, -0.2) is 157 Å². The summed E-state index contributed by atoms with van der Waals surface area (Å²) < 4.78 is 17.7. The highest BCUT2D eigenvalue weighted by Gasteiger charge is 2.55. The Morgan fingerprint density at radius 3 is 1.99 bits per heavy atom. The zero-order valence-electron chi connectivity index (χ0n) is 50.0. The van der Waals surface area contributed by atoms with E-state index in [4.69, 9.17) is 31.4 Å². The standard InChI is InChI=1S/C59H80N12O16/c1-9-30(2)49(60)56(84)66-31(3)51(79)68-39(18-14-22-64-57(61)62)52(80)65-29-45(73)67-41(27-46(74)75)54(82)69-40(23-33-15-11-10-12-16-33)50(78)59(32(4)72,71-55(83)42(28-47(76)77)70-53(81)38-17-13-21-63-38)37-24-35(86-8)26-44-48(37)58(5,6)36-20-19-34(85-7)25-43(36)87-44/h10-12,15-16,19-20,24-26,30-31,38-42,49,63H,9,13-14,17-18,21-23,27-29,60H2,1-8H3,(H,65,80)(H,66,84)(H,67,73)(H,68,79)(H,69,82)(H,70,81)(H,71,83)(H,74,75)(H,76,77)(H4,61,62,64)/t30-,31-,38-,39-,40-,41-,42-,49-,59?/m0/s1. The third-order valence-electron chi connectivity index (χ3n) is 15.3. The maximum Gasteiger partial charge on any atom is 0.305 e. The zero-order valence-corrected chi connectivity index (χ0v) is 50.0. The van der Waals surface area contributed by atoms with Gasteiger partial charge < -0.3 is 84.2 Å². The number of carbonyl (C=O) groups is 11. The first-order valence-electron chi connectivity index (χ1n) is 28.3. The lowest BCUT2D eigenvalue weighted by atomic mass is 9.67. The smallest absolute Gasteiger partial charge is 0.305 e. The number of ketones is 2. The van der Waals surface area contributed by atoms with Crippen molar-refractivity contribution in [1.29, 1.82) is 0 Å². The number of rotatable bonds is 32. The number of carboxylic acid groups (broad SMARTS) is 2. The van der Waals surface area contributed by atoms with Crippen LogP contribution in [0.2, 0.25) is 0 Å². The summed E-state index contributed by atoms with van der Waals surface area (Å²) in [5.74, 6) is -12.1. The van der Waals surface area contributed by atoms with Gasteiger partial charge >= 0.3 is 11.9 Å². The largest absolute Gasteiger partial charge is 0.497 e. The third kappa shape index (κ3) is 17.7. The lowest BCUT2D eigenvalue weighted by molar-refractivity contribution is -0.145. The maximum absolute atomic E-state index is 16.4. The Balaban J connectivity index is 1.58. The molecule has 0 aliphatic carbocycles. The Bertz CT molecular complexity index is 3090. The first-order valence-corrected chi connectivity index (χ1v) is 28.3. The number of methoxy groups -OCH3 is 2. The van der Waals surface area contributed by atoms with Gasteiger partial charge in [-0.05, 0) is 76.1 Å². The van der Waals surface area contributed by atoms with E-state index in [-0.39, 0.29) is 53.9 Å². The number of amides is 7. The van der Waals surface area contributed by atoms with Crippen LogP contribution in [-0.2, 0) is 70.1 Å². The highest BCUT2D eigenvalue weighted by molar-refractivity contribution is 6.17. The summed E-state index contributed by atoms with van der Waals surface area (Å²) in [5, 5.41) is 40.5. The van der Waals surface area contributed by atoms with Crippen LogP contribution in [0.15, 0.2) is 65.7 Å². The zero-order chi connectivity index (χ0) is 64.5. The minimum absolute atomic E-state index is 0.0124. The van der Waals surface area contributed by atoms with E-state index in [2.05, 4.69) is 47.5 Å². The second-order valence-corrected chi connectivity index (χ2v) is 21.9. The molecule has 28 heteroatoms. The van der Waals surface area contributed by atoms with Crippen LogP contribution < -0.4 is 73.9 Å². The maximum atomic E-state index is 16.4. The SMILES string of the molecule is CC[C@H](C)[C@H](N)C(=O)N[C@@H](C)C(=O)N[C@@H](CCCN=C(N)N)C(=O)NCC(=O)N[C@@H](CC(=O)O)C(=O)N[C@@H](Cc1ccccc1)C(=O)C(NC(=O)[C@H](CC(=O)O)NC(=O)[C@@H]1CCCN1)(C(C)=O)c1cc(OC)cc2c1C(C)(C)c1ccc(OC)cc1O2. The number of nitrogens with zero attached hydrogens (tertiary/aromatic N) is 1. The van der Waals surface area contributed by atoms with E-state index in [0.717, 1.165) is 6.92 Å². The molecule has 5 rings (SSSR count). The molecule has 0 radical (unpaired) electrons. The molecule has 16 N–H and O–H groups in total. The quantitative estimate of drug-likeness (QED) is 0.0163. The number of nitrogens with one attached hydrogen (secondary N) is 8. The Morgan fingerprint density at radius 2 is 1.40 bits per heavy atom. The van der Waals surface area contributed by atoms with Crippen molar-refractivity contribution in [3.8, 4) is 23.0 Å². The van der Waals surface area contributed by atoms with Gasteiger partial charge in [-0.15, -0.1) is 0 Å². The Hall–Kier alpha value is -9.18. The molecule has 1 fully saturated rings. The molecule has 7 amide bonds. The number of hydrogen-bond acceptors (Lipinski definition) is 17. The Morgan fingerprint density at radius 1 is 0.770 bits per heavy atom. The van der Waals surface area contributed by atoms with Gasteiger partial charge in [0, 0.05) is 40.8 Å². The second-order valence-electron chi connectivity index (χ2n) is 21.9. The van der Waals surface area contributed by atoms with Crippen molar-refractivity contribution < 1.29 is 77.2 Å². The number of fused-ring (bicyclic) bond motifs is 2. The summed E-state index contributed by atoms with van der Waals surface area (Å²) in [7, 11) is 2.74. The van der Waals surface area contributed by atoms with E-state index in [9.17, 15) is 48.6 Å². The minimum Gasteiger partial charge on any atom is -0.497 e. The fourth-order valence-corrected chi connectivity index (χ4v) is 10.2. The van der Waals surface area contributed by atoms with Gasteiger partial charge in [-0.25, -0.2) is 0 Å². The fourth-order valence-electron chi connectivity index (χ4n) is 10.2. The van der Waals surface area contributed by atoms with Crippen LogP contribution in [0.3, 0.4) is 0 Å². The molecule has 0 saturated carbocycles. The highest BCUT2D eigenvalue weighted by atomic mass is 16.5. The van der Waals surface area contributed by atoms with Crippen molar-refractivity contribution in [3.63, 3.8) is 0 Å². The van der Waals surface area contributed by atoms with Crippen molar-refractivity contribution in [3.05, 3.63) is 82.9 Å². The van der Waals surface area contributed by atoms with Gasteiger partial charge in [0.1, 0.15) is 47.2 Å². The van der Waals surface area contributed by atoms with Gasteiger partial charge in [0.05, 0.1) is 51.7 Å². The number of benzene rings is 3. The number of guanidine groups is 1. The van der Waals surface area contributed by atoms with Gasteiger partial charge in [-0.2, -0.15) is 0 Å². The predicted molar refractivity (Wildman–Crippen MR) is 315 cm³/mol. The summed E-state index contributed by atoms with van der Waals surface area (Å²) in [5.41, 5.74) is 13.5. The number of carbonyl (C=O) groups excluding carboxylic acids is 9. The summed E-state index contributed by atoms with van der Waals surface area (Å²) in [4.78, 5) is 158. The number of aliphatic imine (C=N–C) groups is 1. The molecule has 2 heterocycles. The van der Waals surface area contributed by atoms with Gasteiger partial charge in [0.2, 0.25) is 41.4 Å². The Labute approximate surface area is 503 Å². The molecule has 1 saturated heterocycles. The number of ether oxygens (including phenoxy) is 3. The normalized spacial score (nSPS) is 16.8. The van der Waals surface area contributed by atoms with E-state index in [1.54, 1.807) is 69.3 Å². The molecule has 1 unspecified atom stereocenters. The van der Waals surface area contributed by atoms with E-state index < -0.39 is 144 Å². The molecule has 3 aromatic rings. The number of aliphatic carboxylic acids is 2. The minimum atomic E-state index is -2.98. The average molecular weight is 1210 g/mol. The fraction of sp³-hybridized carbons (Fsp3) is 0.492. The molecule has 0 bridgehead atoms. The molecule has 472 valence electrons. The van der Waals surface area contributed by atoms with Gasteiger partial charge in [-0.1, -0.05) is 70.5 Å². The van der Waals surface area contributed by atoms with Gasteiger partial charge in [0.25, 0.3) is 0 Å². The van der Waals surface area contributed by atoms with Crippen LogP contribution in [0.1, 0.15) is 109 Å². The topological polar surface area (TPSA) is 443 Å². The summed E-state index contributed by atoms with van der Waals surface area (Å²) in [6, 6.07) is 5.56. The first-order chi connectivity index (χ1) is 41.1. The average Bonchev–Trinajstić information content (AvgIpc) is 1.09. The highest BCUT2D eigenvalue weighted by Crippen LogP contribution is 2.53. The van der Waals surface area contributed by atoms with Crippen molar-refractivity contribution >= 4 is 70.8 Å². The number of carboxylic acids is 2. The van der Waals surface area contributed by atoms with Gasteiger partial charge in [-0.3, -0.25) is 57.7 Å². The van der Waals surface area contributed by atoms with Crippen molar-refractivity contribution in [1.82, 2.24) is 42.5 Å². The van der Waals surface area contributed by atoms with Crippen molar-refractivity contribution in [2.75, 3.05) is 33.9 Å². The molecule has 2 aliphatic rings. The molecule has 3 aromatic carbocycles. The molecule has 0 spiro atoms. The predicted octanol–water partition coefficient (Wildman–Crippen LogP) is -0.464. The van der Waals surface area contributed by atoms with Crippen LogP contribution >= 0.6 is 0 Å². The van der Waals surface area contributed by atoms with Crippen LogP contribution in [0.5, 0.6) is 23.0 Å². The Kier molecular flexibility index (Phi) is 24.3. The lowest BCUT2D eigenvalue weighted by Crippen LogP contribution is -2.66. The van der Waals surface area contributed by atoms with E-state index in [1.807, 2.05) is 6.92 Å². The monoisotopic (exact) mass is 1210 g/mol. The third-order valence-corrected chi connectivity index (χ3v) is 15.3. The first kappa shape index (κ1) is 68.6. The number of Topliss-reactive ketones (excluding diaryl/α,β-unsaturated/α-hetero) is 2. The number of hydrogen-bond donors (Lipinski definition) is 13. The summed E-state index contributed by atoms with van der Waals surface area (Å²) >= 11 is 0. The van der Waals surface area contributed by atoms with Gasteiger partial charge in [0.15, 0.2) is 23.1 Å². The summed E-state index contributed by atoms with van der Waals surface area (Å²) in [6.07, 6.45) is -1.06. The van der Waals surface area contributed by atoms with Crippen molar-refractivity contribution in [2.24, 2.45) is 28.1 Å². The molecule has 9 atom stereocenters. The molecule has 28 nitrogen and oxygen atoms in total. The molecular weight excluding hydrogens is 1130 g/mol. The van der Waals surface area contributed by atoms with E-state index in [0.29, 0.717) is 48.4 Å². The summed E-state index contributed by atoms with van der Waals surface area (Å²) in [6.45, 7) is 9.01. The molecule has 2 aliphatic heterocycles. The number of nitrogens with two attached hydrogens (primary N) is 3. The van der Waals surface area contributed by atoms with E-state index >= 15 is 14.4 Å². The van der Waals surface area contributed by atoms with Crippen LogP contribution in [0.25, 0.3) is 0 Å². The second kappa shape index (κ2) is 30.8. The lowest BCUT2D eigenvalue weighted by Gasteiger charge is -2.42. The molecular formula is C59H80N12O16. The van der Waals surface area contributed by atoms with E-state index in [1.165, 1.54) is 33.3 Å². The van der Waals surface area contributed by atoms with Crippen LogP contribution in [0.4, 0.5) is 0 Å². The molecule has 87 heavy (non-hydrogen) atoms. The van der Waals surface area contributed by atoms with Crippen molar-refractivity contribution in [2.45, 2.75) is 146 Å². The van der Waals surface area contributed by atoms with Crippen LogP contribution in [0, 0.1) is 5.92 Å². The molecule has 0 aromatic heterocycles.